The Kier molecular flexibility index (Phi) is 4.30. The van der Waals surface area contributed by atoms with Gasteiger partial charge in [-0.3, -0.25) is 14.5 Å². The first-order chi connectivity index (χ1) is 19.3. The van der Waals surface area contributed by atoms with E-state index in [9.17, 15) is 0 Å². The van der Waals surface area contributed by atoms with E-state index < -0.39 is 0 Å². The van der Waals surface area contributed by atoms with Gasteiger partial charge in [-0.2, -0.15) is 0 Å². The molecule has 0 saturated carbocycles. The van der Waals surface area contributed by atoms with Crippen molar-refractivity contribution in [3.8, 4) is 17.2 Å². The van der Waals surface area contributed by atoms with Gasteiger partial charge in [-0.25, -0.2) is 9.97 Å². The molecule has 0 saturated heterocycles. The van der Waals surface area contributed by atoms with E-state index in [0.717, 1.165) is 48.7 Å². The lowest BCUT2D eigenvalue weighted by molar-refractivity contribution is 1.01. The van der Waals surface area contributed by atoms with Crippen LogP contribution in [0.25, 0.3) is 79.5 Å². The molecule has 9 rings (SSSR count). The van der Waals surface area contributed by atoms with E-state index in [4.69, 9.17) is 9.97 Å². The fraction of sp³-hybridized carbons (Fsp3) is 0. The second-order valence-corrected chi connectivity index (χ2v) is 11.7. The fourth-order valence-electron chi connectivity index (χ4n) is 5.67. The van der Waals surface area contributed by atoms with Crippen LogP contribution in [0.5, 0.6) is 0 Å². The SMILES string of the molecule is c1ccc(-c2nc(-n3c4ccncc4c4cnccc43)nc3c2sc2cc4sc5ccccc5c4cc23)cc1. The standard InChI is InChI=1S/C32H17N5S2/c1-2-6-18(7-3-1)29-31-30(21-14-20-19-8-4-5-9-26(19)38-27(20)15-28(21)39-31)36-32(35-29)37-24-10-12-33-16-22(24)23-17-34-13-11-25(23)37/h1-17H. The maximum atomic E-state index is 5.29. The highest BCUT2D eigenvalue weighted by Crippen LogP contribution is 2.44. The zero-order valence-electron chi connectivity index (χ0n) is 20.4. The molecular formula is C32H17N5S2. The molecule has 0 amide bonds. The Hall–Kier alpha value is -4.72. The summed E-state index contributed by atoms with van der Waals surface area (Å²) in [6.45, 7) is 0. The van der Waals surface area contributed by atoms with Crippen LogP contribution in [-0.4, -0.2) is 24.5 Å². The van der Waals surface area contributed by atoms with Crippen molar-refractivity contribution in [2.45, 2.75) is 0 Å². The van der Waals surface area contributed by atoms with Crippen LogP contribution < -0.4 is 0 Å². The molecule has 0 aliphatic heterocycles. The minimum absolute atomic E-state index is 0.647. The van der Waals surface area contributed by atoms with Crippen molar-refractivity contribution < 1.29 is 0 Å². The van der Waals surface area contributed by atoms with E-state index in [0.29, 0.717) is 5.95 Å². The topological polar surface area (TPSA) is 56.5 Å². The van der Waals surface area contributed by atoms with Gasteiger partial charge < -0.3 is 0 Å². The Labute approximate surface area is 229 Å². The van der Waals surface area contributed by atoms with Gasteiger partial charge in [0.05, 0.1) is 26.9 Å². The average molecular weight is 536 g/mol. The molecule has 7 heteroatoms. The number of benzene rings is 3. The van der Waals surface area contributed by atoms with Gasteiger partial charge in [0, 0.05) is 71.4 Å². The summed E-state index contributed by atoms with van der Waals surface area (Å²) in [4.78, 5) is 19.3. The Balaban J connectivity index is 1.45. The number of nitrogens with zero attached hydrogens (tertiary/aromatic N) is 5. The molecule has 0 aliphatic rings. The lowest BCUT2D eigenvalue weighted by Gasteiger charge is -2.09. The van der Waals surface area contributed by atoms with Crippen LogP contribution in [0.1, 0.15) is 0 Å². The van der Waals surface area contributed by atoms with Crippen LogP contribution in [-0.2, 0) is 0 Å². The van der Waals surface area contributed by atoms with Crippen LogP contribution in [0.2, 0.25) is 0 Å². The number of hydrogen-bond acceptors (Lipinski definition) is 6. The highest BCUT2D eigenvalue weighted by Gasteiger charge is 2.20. The van der Waals surface area contributed by atoms with Gasteiger partial charge in [0.15, 0.2) is 0 Å². The summed E-state index contributed by atoms with van der Waals surface area (Å²) in [5.41, 5.74) is 5.03. The van der Waals surface area contributed by atoms with E-state index in [1.807, 2.05) is 54.3 Å². The van der Waals surface area contributed by atoms with Gasteiger partial charge in [-0.05, 0) is 30.3 Å². The monoisotopic (exact) mass is 535 g/mol. The minimum Gasteiger partial charge on any atom is -0.278 e. The van der Waals surface area contributed by atoms with E-state index >= 15 is 0 Å². The highest BCUT2D eigenvalue weighted by atomic mass is 32.1. The molecule has 39 heavy (non-hydrogen) atoms. The van der Waals surface area contributed by atoms with Crippen molar-refractivity contribution in [3.05, 3.63) is 104 Å². The lowest BCUT2D eigenvalue weighted by Crippen LogP contribution is -2.02. The zero-order valence-corrected chi connectivity index (χ0v) is 22.0. The van der Waals surface area contributed by atoms with Crippen LogP contribution in [0.4, 0.5) is 0 Å². The maximum Gasteiger partial charge on any atom is 0.235 e. The molecular weight excluding hydrogens is 519 g/mol. The third-order valence-electron chi connectivity index (χ3n) is 7.42. The Morgan fingerprint density at radius 2 is 1.28 bits per heavy atom. The van der Waals surface area contributed by atoms with Crippen molar-refractivity contribution in [3.63, 3.8) is 0 Å². The van der Waals surface area contributed by atoms with Gasteiger partial charge in [0.2, 0.25) is 5.95 Å². The Bertz CT molecular complexity index is 2350. The molecule has 9 aromatic rings. The van der Waals surface area contributed by atoms with Crippen molar-refractivity contribution in [1.82, 2.24) is 24.5 Å². The predicted octanol–water partition coefficient (Wildman–Crippen LogP) is 8.77. The molecule has 6 aromatic heterocycles. The quantitative estimate of drug-likeness (QED) is 0.222. The van der Waals surface area contributed by atoms with Gasteiger partial charge >= 0.3 is 0 Å². The summed E-state index contributed by atoms with van der Waals surface area (Å²) in [6.07, 6.45) is 7.43. The fourth-order valence-corrected chi connectivity index (χ4v) is 8.04. The lowest BCUT2D eigenvalue weighted by atomic mass is 10.1. The molecule has 6 heterocycles. The van der Waals surface area contributed by atoms with E-state index in [1.165, 1.54) is 24.9 Å². The van der Waals surface area contributed by atoms with E-state index in [1.54, 1.807) is 11.3 Å². The highest BCUT2D eigenvalue weighted by molar-refractivity contribution is 7.28. The predicted molar refractivity (Wildman–Crippen MR) is 163 cm³/mol. The average Bonchev–Trinajstić information content (AvgIpc) is 3.65. The van der Waals surface area contributed by atoms with Gasteiger partial charge in [-0.1, -0.05) is 48.5 Å². The molecule has 182 valence electrons. The maximum absolute atomic E-state index is 5.29. The second-order valence-electron chi connectivity index (χ2n) is 9.58. The summed E-state index contributed by atoms with van der Waals surface area (Å²) in [6, 6.07) is 27.8. The molecule has 5 nitrogen and oxygen atoms in total. The van der Waals surface area contributed by atoms with Gasteiger partial charge in [0.25, 0.3) is 0 Å². The molecule has 0 aliphatic carbocycles. The largest absolute Gasteiger partial charge is 0.278 e. The first kappa shape index (κ1) is 21.2. The number of hydrogen-bond donors (Lipinski definition) is 0. The second kappa shape index (κ2) is 7.89. The first-order valence-electron chi connectivity index (χ1n) is 12.6. The molecule has 0 unspecified atom stereocenters. The number of thiophene rings is 2. The molecule has 0 bridgehead atoms. The number of fused-ring (bicyclic) bond motifs is 9. The smallest absolute Gasteiger partial charge is 0.235 e. The Morgan fingerprint density at radius 3 is 2.08 bits per heavy atom. The molecule has 3 aromatic carbocycles. The molecule has 0 N–H and O–H groups in total. The molecule has 0 fully saturated rings. The van der Waals surface area contributed by atoms with Crippen molar-refractivity contribution in [2.75, 3.05) is 0 Å². The normalized spacial score (nSPS) is 12.1. The number of pyridine rings is 2. The van der Waals surface area contributed by atoms with Crippen LogP contribution in [0.15, 0.2) is 104 Å². The van der Waals surface area contributed by atoms with Crippen molar-refractivity contribution in [1.29, 1.82) is 0 Å². The third-order valence-corrected chi connectivity index (χ3v) is 9.70. The van der Waals surface area contributed by atoms with Crippen molar-refractivity contribution >= 4 is 85.0 Å². The summed E-state index contributed by atoms with van der Waals surface area (Å²) in [5, 5.41) is 5.80. The van der Waals surface area contributed by atoms with Gasteiger partial charge in [0.1, 0.15) is 0 Å². The van der Waals surface area contributed by atoms with Crippen LogP contribution in [0.3, 0.4) is 0 Å². The summed E-state index contributed by atoms with van der Waals surface area (Å²) in [7, 11) is 0. The zero-order chi connectivity index (χ0) is 25.5. The summed E-state index contributed by atoms with van der Waals surface area (Å²) >= 11 is 3.62. The number of aromatic nitrogens is 5. The number of rotatable bonds is 2. The van der Waals surface area contributed by atoms with Crippen molar-refractivity contribution in [2.24, 2.45) is 0 Å². The van der Waals surface area contributed by atoms with E-state index in [-0.39, 0.29) is 0 Å². The van der Waals surface area contributed by atoms with Gasteiger partial charge in [-0.15, -0.1) is 22.7 Å². The molecule has 0 spiro atoms. The minimum atomic E-state index is 0.647. The van der Waals surface area contributed by atoms with Crippen LogP contribution in [0, 0.1) is 0 Å². The first-order valence-corrected chi connectivity index (χ1v) is 14.3. The van der Waals surface area contributed by atoms with E-state index in [2.05, 4.69) is 75.2 Å². The molecule has 0 radical (unpaired) electrons. The molecule has 0 atom stereocenters. The third kappa shape index (κ3) is 2.99. The summed E-state index contributed by atoms with van der Waals surface area (Å²) < 4.78 is 7.07. The summed E-state index contributed by atoms with van der Waals surface area (Å²) in [5.74, 6) is 0.647. The van der Waals surface area contributed by atoms with Crippen LogP contribution >= 0.6 is 22.7 Å². The Morgan fingerprint density at radius 1 is 0.564 bits per heavy atom.